The van der Waals surface area contributed by atoms with E-state index in [9.17, 15) is 0 Å². The summed E-state index contributed by atoms with van der Waals surface area (Å²) in [5.41, 5.74) is 0. The molecule has 1 heterocycles. The zero-order chi connectivity index (χ0) is 10.8. The van der Waals surface area contributed by atoms with E-state index in [4.69, 9.17) is 0 Å². The van der Waals surface area contributed by atoms with Crippen LogP contribution < -0.4 is 10.6 Å². The first-order valence-electron chi connectivity index (χ1n) is 6.23. The molecule has 0 fully saturated rings. The molecular formula is C11H23BN3. The van der Waals surface area contributed by atoms with E-state index in [2.05, 4.69) is 29.8 Å². The molecule has 3 nitrogen and oxygen atoms in total. The Bertz CT molecular complexity index is 183. The Morgan fingerprint density at radius 2 is 2.40 bits per heavy atom. The Labute approximate surface area is 94.4 Å². The Kier molecular flexibility index (Phi) is 7.35. The topological polar surface area (TPSA) is 36.4 Å². The van der Waals surface area contributed by atoms with Gasteiger partial charge in [0.05, 0.1) is 5.84 Å². The zero-order valence-electron chi connectivity index (χ0n) is 9.89. The van der Waals surface area contributed by atoms with Crippen LogP contribution in [0.5, 0.6) is 0 Å². The van der Waals surface area contributed by atoms with Crippen LogP contribution in [0.15, 0.2) is 4.99 Å². The zero-order valence-corrected chi connectivity index (χ0v) is 9.89. The molecule has 0 saturated carbocycles. The van der Waals surface area contributed by atoms with Gasteiger partial charge in [-0.15, -0.1) is 0 Å². The summed E-state index contributed by atoms with van der Waals surface area (Å²) in [6, 6.07) is 0. The van der Waals surface area contributed by atoms with Gasteiger partial charge in [-0.1, -0.05) is 19.7 Å². The lowest BCUT2D eigenvalue weighted by Crippen LogP contribution is -2.32. The molecule has 0 aromatic rings. The summed E-state index contributed by atoms with van der Waals surface area (Å²) >= 11 is 0. The quantitative estimate of drug-likeness (QED) is 0.509. The van der Waals surface area contributed by atoms with Crippen molar-refractivity contribution in [2.75, 3.05) is 26.1 Å². The van der Waals surface area contributed by atoms with Crippen molar-refractivity contribution in [3.63, 3.8) is 0 Å². The highest BCUT2D eigenvalue weighted by atomic mass is 15.0. The van der Waals surface area contributed by atoms with Crippen molar-refractivity contribution >= 4 is 13.1 Å². The van der Waals surface area contributed by atoms with Crippen molar-refractivity contribution < 1.29 is 0 Å². The van der Waals surface area contributed by atoms with Crippen LogP contribution in [-0.2, 0) is 0 Å². The summed E-state index contributed by atoms with van der Waals surface area (Å²) in [5.74, 6) is 1.18. The molecule has 15 heavy (non-hydrogen) atoms. The number of unbranched alkanes of at least 4 members (excludes halogenated alkanes) is 1. The molecule has 0 aromatic heterocycles. The van der Waals surface area contributed by atoms with Crippen molar-refractivity contribution in [3.05, 3.63) is 0 Å². The molecule has 1 radical (unpaired) electrons. The predicted molar refractivity (Wildman–Crippen MR) is 67.9 cm³/mol. The number of nitrogens with one attached hydrogen (secondary N) is 2. The van der Waals surface area contributed by atoms with Gasteiger partial charge in [0.15, 0.2) is 0 Å². The van der Waals surface area contributed by atoms with Crippen molar-refractivity contribution in [1.82, 2.24) is 10.6 Å². The average Bonchev–Trinajstić information content (AvgIpc) is 2.20. The van der Waals surface area contributed by atoms with Crippen LogP contribution in [0, 0.1) is 0 Å². The van der Waals surface area contributed by atoms with E-state index in [1.165, 1.54) is 31.4 Å². The first-order chi connectivity index (χ1) is 7.43. The van der Waals surface area contributed by atoms with E-state index in [0.29, 0.717) is 0 Å². The van der Waals surface area contributed by atoms with Gasteiger partial charge < -0.3 is 10.6 Å². The van der Waals surface area contributed by atoms with Crippen LogP contribution in [0.2, 0.25) is 6.32 Å². The van der Waals surface area contributed by atoms with E-state index in [0.717, 1.165) is 32.5 Å². The molecular weight excluding hydrogens is 185 g/mol. The third-order valence-electron chi connectivity index (χ3n) is 2.57. The molecule has 2 N–H and O–H groups in total. The van der Waals surface area contributed by atoms with Crippen molar-refractivity contribution in [3.8, 4) is 0 Å². The van der Waals surface area contributed by atoms with Crippen molar-refractivity contribution in [1.29, 1.82) is 0 Å². The molecule has 0 aliphatic carbocycles. The fourth-order valence-electron chi connectivity index (χ4n) is 1.60. The summed E-state index contributed by atoms with van der Waals surface area (Å²) in [6.07, 6.45) is 6.95. The van der Waals surface area contributed by atoms with Gasteiger partial charge in [0.1, 0.15) is 7.28 Å². The fourth-order valence-corrected chi connectivity index (χ4v) is 1.60. The van der Waals surface area contributed by atoms with Crippen molar-refractivity contribution in [2.24, 2.45) is 4.99 Å². The van der Waals surface area contributed by atoms with Crippen LogP contribution in [0.25, 0.3) is 0 Å². The van der Waals surface area contributed by atoms with Gasteiger partial charge in [-0.3, -0.25) is 4.99 Å². The van der Waals surface area contributed by atoms with Crippen LogP contribution in [0.3, 0.4) is 0 Å². The van der Waals surface area contributed by atoms with Gasteiger partial charge in [0, 0.05) is 19.5 Å². The summed E-state index contributed by atoms with van der Waals surface area (Å²) < 4.78 is 0. The lowest BCUT2D eigenvalue weighted by Gasteiger charge is -2.13. The normalized spacial score (nSPS) is 17.0. The predicted octanol–water partition coefficient (Wildman–Crippen LogP) is 1.24. The van der Waals surface area contributed by atoms with Gasteiger partial charge >= 0.3 is 0 Å². The average molecular weight is 208 g/mol. The molecule has 4 heteroatoms. The van der Waals surface area contributed by atoms with E-state index < -0.39 is 0 Å². The SMILES string of the molecule is CCCCNCCC1=NCCC[B]CN1. The van der Waals surface area contributed by atoms with E-state index in [-0.39, 0.29) is 0 Å². The highest BCUT2D eigenvalue weighted by Crippen LogP contribution is 1.95. The molecule has 0 amide bonds. The smallest absolute Gasteiger partial charge is 0.135 e. The number of nitrogens with zero attached hydrogens (tertiary/aromatic N) is 1. The van der Waals surface area contributed by atoms with E-state index in [1.807, 2.05) is 0 Å². The monoisotopic (exact) mass is 208 g/mol. The van der Waals surface area contributed by atoms with Crippen LogP contribution in [-0.4, -0.2) is 39.2 Å². The third kappa shape index (κ3) is 6.55. The maximum Gasteiger partial charge on any atom is 0.135 e. The van der Waals surface area contributed by atoms with Gasteiger partial charge in [0.25, 0.3) is 0 Å². The summed E-state index contributed by atoms with van der Waals surface area (Å²) in [4.78, 5) is 4.55. The molecule has 0 spiro atoms. The summed E-state index contributed by atoms with van der Waals surface area (Å²) in [5, 5.41) is 6.81. The van der Waals surface area contributed by atoms with Crippen molar-refractivity contribution in [2.45, 2.75) is 38.9 Å². The lowest BCUT2D eigenvalue weighted by molar-refractivity contribution is 0.646. The van der Waals surface area contributed by atoms with E-state index in [1.54, 1.807) is 0 Å². The van der Waals surface area contributed by atoms with Gasteiger partial charge in [-0.25, -0.2) is 0 Å². The maximum atomic E-state index is 4.55. The highest BCUT2D eigenvalue weighted by Gasteiger charge is 2.02. The number of hydrogen-bond donors (Lipinski definition) is 2. The third-order valence-corrected chi connectivity index (χ3v) is 2.57. The minimum absolute atomic E-state index is 0.980. The Balaban J connectivity index is 2.07. The van der Waals surface area contributed by atoms with Gasteiger partial charge in [-0.05, 0) is 25.8 Å². The standard InChI is InChI=1S/C11H23BN3/c1-2-3-7-13-9-5-11-14-8-4-6-12-10-15-11/h13H,2-10H2,1H3,(H,14,15). The molecule has 0 unspecified atom stereocenters. The number of rotatable bonds is 6. The van der Waals surface area contributed by atoms with Crippen LogP contribution in [0.4, 0.5) is 0 Å². The fraction of sp³-hybridized carbons (Fsp3) is 0.909. The lowest BCUT2D eigenvalue weighted by atomic mass is 9.73. The molecule has 0 saturated heterocycles. The largest absolute Gasteiger partial charge is 0.382 e. The minimum Gasteiger partial charge on any atom is -0.382 e. The van der Waals surface area contributed by atoms with Gasteiger partial charge in [0.2, 0.25) is 0 Å². The minimum atomic E-state index is 0.980. The number of amidine groups is 1. The second kappa shape index (κ2) is 8.78. The molecule has 0 atom stereocenters. The molecule has 0 bridgehead atoms. The molecule has 85 valence electrons. The second-order valence-corrected chi connectivity index (χ2v) is 3.99. The Morgan fingerprint density at radius 1 is 1.47 bits per heavy atom. The first-order valence-corrected chi connectivity index (χ1v) is 6.23. The second-order valence-electron chi connectivity index (χ2n) is 3.99. The highest BCUT2D eigenvalue weighted by molar-refractivity contribution is 6.36. The van der Waals surface area contributed by atoms with Crippen LogP contribution in [0.1, 0.15) is 32.6 Å². The Morgan fingerprint density at radius 3 is 3.27 bits per heavy atom. The summed E-state index contributed by atoms with van der Waals surface area (Å²) in [7, 11) is 2.30. The molecule has 1 aliphatic rings. The molecule has 0 aromatic carbocycles. The van der Waals surface area contributed by atoms with E-state index >= 15 is 0 Å². The number of aliphatic imine (C=N–C) groups is 1. The van der Waals surface area contributed by atoms with Gasteiger partial charge in [-0.2, -0.15) is 0 Å². The maximum absolute atomic E-state index is 4.55. The molecule has 1 rings (SSSR count). The Hall–Kier alpha value is -0.505. The molecule has 1 aliphatic heterocycles. The van der Waals surface area contributed by atoms with Crippen LogP contribution >= 0.6 is 0 Å². The first kappa shape index (κ1) is 12.6. The summed E-state index contributed by atoms with van der Waals surface area (Å²) in [6.45, 7) is 5.38. The number of hydrogen-bond acceptors (Lipinski definition) is 3.